The van der Waals surface area contributed by atoms with E-state index in [9.17, 15) is 0 Å². The Kier molecular flexibility index (Phi) is 5.64. The van der Waals surface area contributed by atoms with Crippen LogP contribution in [0.15, 0.2) is 30.6 Å². The molecule has 2 heteroatoms. The fraction of sp³-hybridized carbons (Fsp3) is 0.667. The van der Waals surface area contributed by atoms with E-state index in [1.165, 1.54) is 19.3 Å². The summed E-state index contributed by atoms with van der Waals surface area (Å²) in [6.45, 7) is 7.14. The molecule has 0 aliphatic heterocycles. The number of rotatable bonds is 2. The van der Waals surface area contributed by atoms with E-state index in [0.717, 1.165) is 17.8 Å². The van der Waals surface area contributed by atoms with Gasteiger partial charge in [-0.25, -0.2) is 4.57 Å². The molecule has 0 amide bonds. The minimum atomic E-state index is 0. The van der Waals surface area contributed by atoms with Gasteiger partial charge in [-0.2, -0.15) is 0 Å². The third-order valence-corrected chi connectivity index (χ3v) is 4.11. The summed E-state index contributed by atoms with van der Waals surface area (Å²) in [7, 11) is 0. The Hall–Kier alpha value is -0.370. The van der Waals surface area contributed by atoms with Crippen LogP contribution in [-0.2, 0) is 0 Å². The molecule has 3 atom stereocenters. The van der Waals surface area contributed by atoms with Crippen molar-refractivity contribution in [1.82, 2.24) is 0 Å². The summed E-state index contributed by atoms with van der Waals surface area (Å²) in [5.41, 5.74) is 0. The highest BCUT2D eigenvalue weighted by atomic mass is 79.9. The molecule has 2 rings (SSSR count). The molecule has 0 bridgehead atoms. The minimum absolute atomic E-state index is 0. The first kappa shape index (κ1) is 14.7. The lowest BCUT2D eigenvalue weighted by Gasteiger charge is -2.33. The Morgan fingerprint density at radius 1 is 1.06 bits per heavy atom. The van der Waals surface area contributed by atoms with Gasteiger partial charge in [0.05, 0.1) is 0 Å². The Bertz CT molecular complexity index is 323. The largest absolute Gasteiger partial charge is 1.00 e. The van der Waals surface area contributed by atoms with Crippen molar-refractivity contribution in [1.29, 1.82) is 0 Å². The molecular formula is C15H24BrN. The summed E-state index contributed by atoms with van der Waals surface area (Å²) in [5, 5.41) is 0. The van der Waals surface area contributed by atoms with Gasteiger partial charge in [-0.05, 0) is 24.7 Å². The molecule has 0 saturated heterocycles. The lowest BCUT2D eigenvalue weighted by atomic mass is 9.74. The average Bonchev–Trinajstić information content (AvgIpc) is 2.29. The molecule has 1 aliphatic rings. The van der Waals surface area contributed by atoms with Gasteiger partial charge in [0.2, 0.25) is 0 Å². The minimum Gasteiger partial charge on any atom is -1.00 e. The first-order chi connectivity index (χ1) is 7.68. The Morgan fingerprint density at radius 2 is 1.71 bits per heavy atom. The summed E-state index contributed by atoms with van der Waals surface area (Å²) in [6, 6.07) is 7.12. The zero-order valence-corrected chi connectivity index (χ0v) is 12.7. The maximum absolute atomic E-state index is 2.43. The van der Waals surface area contributed by atoms with Crippen molar-refractivity contribution in [3.63, 3.8) is 0 Å². The number of pyridine rings is 1. The second-order valence-corrected chi connectivity index (χ2v) is 5.72. The lowest BCUT2D eigenvalue weighted by Crippen LogP contribution is -3.00. The van der Waals surface area contributed by atoms with Crippen LogP contribution in [-0.4, -0.2) is 0 Å². The van der Waals surface area contributed by atoms with Crippen LogP contribution >= 0.6 is 0 Å². The van der Waals surface area contributed by atoms with Crippen molar-refractivity contribution in [3.05, 3.63) is 30.6 Å². The molecule has 1 fully saturated rings. The summed E-state index contributed by atoms with van der Waals surface area (Å²) in [4.78, 5) is 0. The van der Waals surface area contributed by atoms with E-state index in [2.05, 4.69) is 55.9 Å². The molecule has 3 unspecified atom stereocenters. The second kappa shape index (κ2) is 6.53. The van der Waals surface area contributed by atoms with Crippen LogP contribution in [0.3, 0.4) is 0 Å². The van der Waals surface area contributed by atoms with E-state index in [1.54, 1.807) is 0 Å². The van der Waals surface area contributed by atoms with Crippen LogP contribution in [0.25, 0.3) is 0 Å². The Morgan fingerprint density at radius 3 is 2.29 bits per heavy atom. The van der Waals surface area contributed by atoms with E-state index in [1.807, 2.05) is 0 Å². The third-order valence-electron chi connectivity index (χ3n) is 4.11. The van der Waals surface area contributed by atoms with Crippen molar-refractivity contribution in [3.8, 4) is 0 Å². The van der Waals surface area contributed by atoms with Gasteiger partial charge in [0.25, 0.3) is 0 Å². The Balaban J connectivity index is 0.00000144. The summed E-state index contributed by atoms with van der Waals surface area (Å²) in [6.07, 6.45) is 8.62. The lowest BCUT2D eigenvalue weighted by molar-refractivity contribution is -0.734. The van der Waals surface area contributed by atoms with Crippen molar-refractivity contribution >= 4 is 0 Å². The topological polar surface area (TPSA) is 3.88 Å². The van der Waals surface area contributed by atoms with Crippen molar-refractivity contribution in [2.45, 2.75) is 46.1 Å². The molecule has 1 aromatic rings. The highest BCUT2D eigenvalue weighted by molar-refractivity contribution is 4.86. The molecule has 96 valence electrons. The zero-order chi connectivity index (χ0) is 11.5. The number of hydrogen-bond acceptors (Lipinski definition) is 0. The van der Waals surface area contributed by atoms with E-state index in [-0.39, 0.29) is 17.0 Å². The van der Waals surface area contributed by atoms with Gasteiger partial charge in [-0.15, -0.1) is 0 Å². The van der Waals surface area contributed by atoms with Gasteiger partial charge < -0.3 is 17.0 Å². The second-order valence-electron chi connectivity index (χ2n) is 5.72. The van der Waals surface area contributed by atoms with E-state index in [4.69, 9.17) is 0 Å². The van der Waals surface area contributed by atoms with E-state index < -0.39 is 0 Å². The molecule has 17 heavy (non-hydrogen) atoms. The smallest absolute Gasteiger partial charge is 0.169 e. The fourth-order valence-corrected chi connectivity index (χ4v) is 3.13. The number of hydrogen-bond donors (Lipinski definition) is 0. The number of halogens is 1. The van der Waals surface area contributed by atoms with E-state index >= 15 is 0 Å². The molecular weight excluding hydrogens is 274 g/mol. The van der Waals surface area contributed by atoms with Gasteiger partial charge in [0.15, 0.2) is 18.4 Å². The van der Waals surface area contributed by atoms with Crippen molar-refractivity contribution < 1.29 is 21.5 Å². The van der Waals surface area contributed by atoms with Gasteiger partial charge >= 0.3 is 0 Å². The molecule has 0 spiro atoms. The number of aromatic nitrogens is 1. The Labute approximate surface area is 116 Å². The van der Waals surface area contributed by atoms with Crippen molar-refractivity contribution in [2.24, 2.45) is 17.8 Å². The molecule has 1 aromatic heterocycles. The molecule has 0 aromatic carbocycles. The van der Waals surface area contributed by atoms with Gasteiger partial charge in [0.1, 0.15) is 0 Å². The van der Waals surface area contributed by atoms with Crippen LogP contribution in [0.5, 0.6) is 0 Å². The maximum atomic E-state index is 2.43. The van der Waals surface area contributed by atoms with Crippen molar-refractivity contribution in [2.75, 3.05) is 0 Å². The highest BCUT2D eigenvalue weighted by Crippen LogP contribution is 2.37. The number of nitrogens with zero attached hydrogens (tertiary/aromatic N) is 1. The van der Waals surface area contributed by atoms with Gasteiger partial charge in [-0.3, -0.25) is 0 Å². The summed E-state index contributed by atoms with van der Waals surface area (Å²) >= 11 is 0. The van der Waals surface area contributed by atoms with Crippen LogP contribution < -0.4 is 21.5 Å². The third kappa shape index (κ3) is 3.54. The normalized spacial score (nSPS) is 28.8. The molecule has 1 aliphatic carbocycles. The van der Waals surface area contributed by atoms with Gasteiger partial charge in [0, 0.05) is 24.5 Å². The summed E-state index contributed by atoms with van der Waals surface area (Å²) in [5.74, 6) is 2.53. The van der Waals surface area contributed by atoms with Crippen LogP contribution in [0, 0.1) is 17.8 Å². The van der Waals surface area contributed by atoms with Crippen LogP contribution in [0.1, 0.15) is 46.1 Å². The molecule has 0 radical (unpaired) electrons. The first-order valence-electron chi connectivity index (χ1n) is 6.64. The highest BCUT2D eigenvalue weighted by Gasteiger charge is 2.36. The monoisotopic (exact) mass is 297 g/mol. The van der Waals surface area contributed by atoms with E-state index in [0.29, 0.717) is 6.04 Å². The zero-order valence-electron chi connectivity index (χ0n) is 11.1. The standard InChI is InChI=1S/C15H24N.BrH/c1-12(2)14-8-7-13(3)11-15(14)16-9-5-4-6-10-16;/h4-6,9-10,12-15H,7-8,11H2,1-3H3;1H/q+1;/p-1. The average molecular weight is 298 g/mol. The first-order valence-corrected chi connectivity index (χ1v) is 6.64. The molecule has 1 saturated carbocycles. The molecule has 1 heterocycles. The molecule has 0 N–H and O–H groups in total. The summed E-state index contributed by atoms with van der Waals surface area (Å²) < 4.78 is 2.43. The predicted octanol–water partition coefficient (Wildman–Crippen LogP) is 0.611. The fourth-order valence-electron chi connectivity index (χ4n) is 3.13. The molecule has 1 nitrogen and oxygen atoms in total. The SMILES string of the molecule is CC1CCC(C(C)C)C([n+]2ccccc2)C1.[Br-]. The maximum Gasteiger partial charge on any atom is 0.169 e. The quantitative estimate of drug-likeness (QED) is 0.705. The van der Waals surface area contributed by atoms with Crippen LogP contribution in [0.2, 0.25) is 0 Å². The van der Waals surface area contributed by atoms with Crippen LogP contribution in [0.4, 0.5) is 0 Å². The van der Waals surface area contributed by atoms with Gasteiger partial charge in [-0.1, -0.05) is 26.8 Å². The predicted molar refractivity (Wildman–Crippen MR) is 67.0 cm³/mol.